The summed E-state index contributed by atoms with van der Waals surface area (Å²) in [5.41, 5.74) is 0.957. The van der Waals surface area contributed by atoms with Crippen LogP contribution in [0.5, 0.6) is 0 Å². The van der Waals surface area contributed by atoms with Crippen molar-refractivity contribution in [3.8, 4) is 0 Å². The molecule has 0 atom stereocenters. The number of nitrogens with one attached hydrogen (secondary N) is 1. The first-order valence-electron chi connectivity index (χ1n) is 6.07. The molecule has 1 aromatic heterocycles. The van der Waals surface area contributed by atoms with E-state index < -0.39 is 0 Å². The lowest BCUT2D eigenvalue weighted by Crippen LogP contribution is -2.26. The molecule has 0 aliphatic rings. The van der Waals surface area contributed by atoms with E-state index in [0.717, 1.165) is 18.5 Å². The van der Waals surface area contributed by atoms with Gasteiger partial charge < -0.3 is 5.32 Å². The molecule has 0 aliphatic heterocycles. The van der Waals surface area contributed by atoms with Crippen molar-refractivity contribution in [3.05, 3.63) is 47.5 Å². The second kappa shape index (κ2) is 6.89. The highest BCUT2D eigenvalue weighted by Crippen LogP contribution is 2.09. The van der Waals surface area contributed by atoms with E-state index in [0.29, 0.717) is 18.0 Å². The fourth-order valence-electron chi connectivity index (χ4n) is 1.67. The summed E-state index contributed by atoms with van der Waals surface area (Å²) in [6.45, 7) is 1.38. The standard InChI is InChI=1S/C13H15ClN4O/c14-12-4-2-11(3-5-12)8-13(19)16-6-1-7-18-10-15-9-17-18/h2-5,9-10H,1,6-8H2,(H,16,19). The van der Waals surface area contributed by atoms with Gasteiger partial charge in [0.1, 0.15) is 12.7 Å². The predicted octanol–water partition coefficient (Wildman–Crippen LogP) is 1.68. The van der Waals surface area contributed by atoms with Gasteiger partial charge in [-0.3, -0.25) is 9.48 Å². The van der Waals surface area contributed by atoms with Gasteiger partial charge in [0.25, 0.3) is 0 Å². The number of carbonyl (C=O) groups excluding carboxylic acids is 1. The molecular weight excluding hydrogens is 264 g/mol. The van der Waals surface area contributed by atoms with E-state index >= 15 is 0 Å². The molecule has 1 N–H and O–H groups in total. The van der Waals surface area contributed by atoms with Crippen LogP contribution in [0.2, 0.25) is 5.02 Å². The Balaban J connectivity index is 1.65. The van der Waals surface area contributed by atoms with Gasteiger partial charge in [-0.2, -0.15) is 5.10 Å². The van der Waals surface area contributed by atoms with E-state index in [2.05, 4.69) is 15.4 Å². The van der Waals surface area contributed by atoms with Crippen molar-refractivity contribution >= 4 is 17.5 Å². The normalized spacial score (nSPS) is 10.4. The number of aromatic nitrogens is 3. The average molecular weight is 279 g/mol. The van der Waals surface area contributed by atoms with Crippen molar-refractivity contribution in [1.29, 1.82) is 0 Å². The van der Waals surface area contributed by atoms with Crippen molar-refractivity contribution in [2.45, 2.75) is 19.4 Å². The topological polar surface area (TPSA) is 59.8 Å². The zero-order chi connectivity index (χ0) is 13.5. The lowest BCUT2D eigenvalue weighted by molar-refractivity contribution is -0.120. The summed E-state index contributed by atoms with van der Waals surface area (Å²) in [7, 11) is 0. The van der Waals surface area contributed by atoms with E-state index in [1.807, 2.05) is 12.1 Å². The minimum atomic E-state index is 0.0147. The van der Waals surface area contributed by atoms with E-state index in [-0.39, 0.29) is 5.91 Å². The highest BCUT2D eigenvalue weighted by molar-refractivity contribution is 6.30. The van der Waals surface area contributed by atoms with Gasteiger partial charge in [-0.25, -0.2) is 4.98 Å². The largest absolute Gasteiger partial charge is 0.356 e. The smallest absolute Gasteiger partial charge is 0.224 e. The zero-order valence-corrected chi connectivity index (χ0v) is 11.2. The van der Waals surface area contributed by atoms with Gasteiger partial charge in [0.05, 0.1) is 6.42 Å². The maximum absolute atomic E-state index is 11.7. The zero-order valence-electron chi connectivity index (χ0n) is 10.4. The summed E-state index contributed by atoms with van der Waals surface area (Å²) in [6, 6.07) is 7.29. The molecule has 0 fully saturated rings. The van der Waals surface area contributed by atoms with Crippen LogP contribution in [0.1, 0.15) is 12.0 Å². The first-order valence-corrected chi connectivity index (χ1v) is 6.45. The van der Waals surface area contributed by atoms with Crippen molar-refractivity contribution in [2.75, 3.05) is 6.54 Å². The molecule has 2 rings (SSSR count). The van der Waals surface area contributed by atoms with Crippen molar-refractivity contribution < 1.29 is 4.79 Å². The molecular formula is C13H15ClN4O. The Morgan fingerprint density at radius 2 is 2.11 bits per heavy atom. The number of rotatable bonds is 6. The number of carbonyl (C=O) groups is 1. The fraction of sp³-hybridized carbons (Fsp3) is 0.308. The van der Waals surface area contributed by atoms with Crippen LogP contribution in [0.15, 0.2) is 36.9 Å². The molecule has 0 saturated carbocycles. The quantitative estimate of drug-likeness (QED) is 0.818. The van der Waals surface area contributed by atoms with Crippen LogP contribution in [-0.2, 0) is 17.8 Å². The summed E-state index contributed by atoms with van der Waals surface area (Å²) in [4.78, 5) is 15.5. The van der Waals surface area contributed by atoms with Gasteiger partial charge in [0.15, 0.2) is 0 Å². The number of halogens is 1. The third-order valence-electron chi connectivity index (χ3n) is 2.63. The SMILES string of the molecule is O=C(Cc1ccc(Cl)cc1)NCCCn1cncn1. The van der Waals surface area contributed by atoms with Crippen LogP contribution in [0.25, 0.3) is 0 Å². The second-order valence-electron chi connectivity index (χ2n) is 4.17. The van der Waals surface area contributed by atoms with Crippen LogP contribution in [-0.4, -0.2) is 27.2 Å². The Kier molecular flexibility index (Phi) is 4.92. The first-order chi connectivity index (χ1) is 9.24. The molecule has 0 aliphatic carbocycles. The lowest BCUT2D eigenvalue weighted by atomic mass is 10.1. The molecule has 19 heavy (non-hydrogen) atoms. The Morgan fingerprint density at radius 3 is 2.79 bits per heavy atom. The third kappa shape index (κ3) is 4.71. The lowest BCUT2D eigenvalue weighted by Gasteiger charge is -2.05. The molecule has 6 heteroatoms. The van der Waals surface area contributed by atoms with Gasteiger partial charge >= 0.3 is 0 Å². The van der Waals surface area contributed by atoms with Gasteiger partial charge in [-0.05, 0) is 24.1 Å². The summed E-state index contributed by atoms with van der Waals surface area (Å²) in [6.07, 6.45) is 4.37. The summed E-state index contributed by atoms with van der Waals surface area (Å²) >= 11 is 5.79. The Morgan fingerprint density at radius 1 is 1.32 bits per heavy atom. The monoisotopic (exact) mass is 278 g/mol. The number of aryl methyl sites for hydroxylation is 1. The number of amides is 1. The van der Waals surface area contributed by atoms with E-state index in [4.69, 9.17) is 11.6 Å². The summed E-state index contributed by atoms with van der Waals surface area (Å²) in [5, 5.41) is 7.54. The van der Waals surface area contributed by atoms with Gasteiger partial charge in [0, 0.05) is 18.1 Å². The van der Waals surface area contributed by atoms with E-state index in [9.17, 15) is 4.79 Å². The molecule has 1 aromatic carbocycles. The maximum Gasteiger partial charge on any atom is 0.224 e. The van der Waals surface area contributed by atoms with Gasteiger partial charge in [0.2, 0.25) is 5.91 Å². The number of nitrogens with zero attached hydrogens (tertiary/aromatic N) is 3. The second-order valence-corrected chi connectivity index (χ2v) is 4.60. The highest BCUT2D eigenvalue weighted by atomic mass is 35.5. The van der Waals surface area contributed by atoms with Crippen LogP contribution < -0.4 is 5.32 Å². The van der Waals surface area contributed by atoms with Crippen molar-refractivity contribution in [1.82, 2.24) is 20.1 Å². The predicted molar refractivity (Wildman–Crippen MR) is 72.8 cm³/mol. The molecule has 0 bridgehead atoms. The molecule has 0 spiro atoms. The van der Waals surface area contributed by atoms with Gasteiger partial charge in [-0.15, -0.1) is 0 Å². The molecule has 5 nitrogen and oxygen atoms in total. The van der Waals surface area contributed by atoms with Crippen molar-refractivity contribution in [3.63, 3.8) is 0 Å². The van der Waals surface area contributed by atoms with Gasteiger partial charge in [-0.1, -0.05) is 23.7 Å². The molecule has 0 radical (unpaired) electrons. The minimum Gasteiger partial charge on any atom is -0.356 e. The maximum atomic E-state index is 11.7. The Labute approximate surface area is 116 Å². The van der Waals surface area contributed by atoms with Crippen LogP contribution >= 0.6 is 11.6 Å². The van der Waals surface area contributed by atoms with Crippen LogP contribution in [0.3, 0.4) is 0 Å². The molecule has 100 valence electrons. The number of hydrogen-bond donors (Lipinski definition) is 1. The summed E-state index contributed by atoms with van der Waals surface area (Å²) in [5.74, 6) is 0.0147. The molecule has 1 amide bonds. The minimum absolute atomic E-state index is 0.0147. The molecule has 0 saturated heterocycles. The van der Waals surface area contributed by atoms with E-state index in [1.54, 1.807) is 23.1 Å². The van der Waals surface area contributed by atoms with Crippen LogP contribution in [0.4, 0.5) is 0 Å². The average Bonchev–Trinajstić information content (AvgIpc) is 2.91. The first kappa shape index (κ1) is 13.5. The third-order valence-corrected chi connectivity index (χ3v) is 2.88. The Bertz CT molecular complexity index is 510. The molecule has 0 unspecified atom stereocenters. The van der Waals surface area contributed by atoms with Crippen LogP contribution in [0, 0.1) is 0 Å². The van der Waals surface area contributed by atoms with Crippen molar-refractivity contribution in [2.24, 2.45) is 0 Å². The highest BCUT2D eigenvalue weighted by Gasteiger charge is 2.02. The van der Waals surface area contributed by atoms with E-state index in [1.165, 1.54) is 6.33 Å². The Hall–Kier alpha value is -1.88. The molecule has 2 aromatic rings. The number of benzene rings is 1. The number of hydrogen-bond acceptors (Lipinski definition) is 3. The fourth-order valence-corrected chi connectivity index (χ4v) is 1.79. The molecule has 1 heterocycles. The summed E-state index contributed by atoms with van der Waals surface area (Å²) < 4.78 is 1.74.